The molecule has 0 spiro atoms. The first-order valence-electron chi connectivity index (χ1n) is 6.54. The molecule has 1 aliphatic rings. The maximum Gasteiger partial charge on any atom is 1.00 e. The minimum Gasteiger partial charge on any atom is -1.00 e. The van der Waals surface area contributed by atoms with Gasteiger partial charge < -0.3 is 11.4 Å². The number of rotatable bonds is 2. The van der Waals surface area contributed by atoms with Gasteiger partial charge in [-0.2, -0.15) is 5.10 Å². The molecule has 6 heteroatoms. The Morgan fingerprint density at radius 1 is 1.40 bits per heavy atom. The van der Waals surface area contributed by atoms with Crippen molar-refractivity contribution in [3.05, 3.63) is 30.0 Å². The smallest absolute Gasteiger partial charge is 1.00 e. The van der Waals surface area contributed by atoms with E-state index in [1.54, 1.807) is 18.3 Å². The van der Waals surface area contributed by atoms with Crippen molar-refractivity contribution < 1.29 is 30.2 Å². The van der Waals surface area contributed by atoms with Crippen LogP contribution in [0.4, 0.5) is 0 Å². The summed E-state index contributed by atoms with van der Waals surface area (Å²) in [7, 11) is 2.14. The van der Waals surface area contributed by atoms with Gasteiger partial charge in [-0.15, -0.1) is 0 Å². The molecule has 2 aromatic rings. The zero-order valence-corrected chi connectivity index (χ0v) is 11.9. The fourth-order valence-electron chi connectivity index (χ4n) is 2.72. The number of carboxylic acid groups (broad SMARTS) is 1. The van der Waals surface area contributed by atoms with Crippen LogP contribution in [0.15, 0.2) is 24.4 Å². The van der Waals surface area contributed by atoms with Gasteiger partial charge in [-0.3, -0.25) is 4.68 Å². The molecular weight excluding hydrogens is 249 g/mol. The Bertz CT molecular complexity index is 624. The summed E-state index contributed by atoms with van der Waals surface area (Å²) < 4.78 is 2.05. The summed E-state index contributed by atoms with van der Waals surface area (Å²) in [6.07, 6.45) is 3.95. The van der Waals surface area contributed by atoms with Crippen molar-refractivity contribution in [2.75, 3.05) is 20.1 Å². The Labute approximate surface area is 131 Å². The number of carboxylic acids is 1. The van der Waals surface area contributed by atoms with E-state index in [1.807, 2.05) is 10.7 Å². The number of aromatic nitrogens is 2. The van der Waals surface area contributed by atoms with Gasteiger partial charge >= 0.3 is 24.8 Å². The third kappa shape index (κ3) is 2.75. The van der Waals surface area contributed by atoms with E-state index in [-0.39, 0.29) is 20.3 Å². The largest absolute Gasteiger partial charge is 1.00 e. The van der Waals surface area contributed by atoms with Crippen molar-refractivity contribution in [1.82, 2.24) is 14.7 Å². The van der Waals surface area contributed by atoms with E-state index in [2.05, 4.69) is 17.0 Å². The van der Waals surface area contributed by atoms with E-state index in [9.17, 15) is 4.79 Å². The van der Waals surface area contributed by atoms with Crippen molar-refractivity contribution in [1.29, 1.82) is 0 Å². The van der Waals surface area contributed by atoms with Crippen LogP contribution in [0.25, 0.3) is 10.9 Å². The van der Waals surface area contributed by atoms with E-state index in [0.29, 0.717) is 11.6 Å². The maximum absolute atomic E-state index is 11.0. The molecular formula is C14H18LiN3O2. The van der Waals surface area contributed by atoms with Gasteiger partial charge in [0.15, 0.2) is 0 Å². The standard InChI is InChI=1S/C14H17N3O2.Li.H/c1-16-6-4-12(5-7-16)17-13-3-2-10(14(18)19)8-11(13)9-15-17;;/h2-3,8-9,12H,4-7H2,1H3,(H,18,19);;/q;+1;-1. The Balaban J connectivity index is 0.00000110. The van der Waals surface area contributed by atoms with Crippen LogP contribution >= 0.6 is 0 Å². The van der Waals surface area contributed by atoms with Gasteiger partial charge in [-0.25, -0.2) is 4.79 Å². The first-order chi connectivity index (χ1) is 9.15. The predicted molar refractivity (Wildman–Crippen MR) is 73.6 cm³/mol. The minimum absolute atomic E-state index is 0. The summed E-state index contributed by atoms with van der Waals surface area (Å²) in [5, 5.41) is 14.3. The molecule has 1 saturated heterocycles. The van der Waals surface area contributed by atoms with E-state index in [0.717, 1.165) is 36.8 Å². The van der Waals surface area contributed by atoms with E-state index >= 15 is 0 Å². The Morgan fingerprint density at radius 3 is 2.75 bits per heavy atom. The molecule has 1 aliphatic heterocycles. The van der Waals surface area contributed by atoms with Gasteiger partial charge in [0.2, 0.25) is 0 Å². The molecule has 0 radical (unpaired) electrons. The topological polar surface area (TPSA) is 58.4 Å². The number of hydrogen-bond donors (Lipinski definition) is 1. The summed E-state index contributed by atoms with van der Waals surface area (Å²) in [5.74, 6) is -0.894. The number of piperidine rings is 1. The predicted octanol–water partition coefficient (Wildman–Crippen LogP) is -0.882. The normalized spacial score (nSPS) is 17.1. The van der Waals surface area contributed by atoms with Crippen LogP contribution in [0.2, 0.25) is 0 Å². The number of hydrogen-bond acceptors (Lipinski definition) is 3. The molecule has 0 aliphatic carbocycles. The molecule has 0 atom stereocenters. The second-order valence-electron chi connectivity index (χ2n) is 5.20. The summed E-state index contributed by atoms with van der Waals surface area (Å²) in [6.45, 7) is 2.17. The van der Waals surface area contributed by atoms with Crippen LogP contribution in [-0.4, -0.2) is 45.9 Å². The maximum atomic E-state index is 11.0. The second kappa shape index (κ2) is 6.00. The molecule has 0 saturated carbocycles. The van der Waals surface area contributed by atoms with Crippen LogP contribution in [-0.2, 0) is 0 Å². The summed E-state index contributed by atoms with van der Waals surface area (Å²) >= 11 is 0. The minimum atomic E-state index is -0.894. The van der Waals surface area contributed by atoms with Crippen LogP contribution < -0.4 is 18.9 Å². The fourth-order valence-corrected chi connectivity index (χ4v) is 2.72. The zero-order chi connectivity index (χ0) is 13.4. The van der Waals surface area contributed by atoms with Gasteiger partial charge in [-0.05, 0) is 51.2 Å². The first-order valence-corrected chi connectivity index (χ1v) is 6.54. The van der Waals surface area contributed by atoms with Gasteiger partial charge in [0.05, 0.1) is 23.3 Å². The van der Waals surface area contributed by atoms with E-state index in [1.165, 1.54) is 0 Å². The molecule has 2 heterocycles. The molecule has 1 N–H and O–H groups in total. The number of nitrogens with zero attached hydrogens (tertiary/aromatic N) is 3. The number of fused-ring (bicyclic) bond motifs is 1. The number of likely N-dealkylation sites (tertiary alicyclic amines) is 1. The van der Waals surface area contributed by atoms with Gasteiger partial charge in [-0.1, -0.05) is 0 Å². The number of carbonyl (C=O) groups is 1. The molecule has 1 fully saturated rings. The second-order valence-corrected chi connectivity index (χ2v) is 5.20. The molecule has 1 aromatic carbocycles. The molecule has 5 nitrogen and oxygen atoms in total. The quantitative estimate of drug-likeness (QED) is 0.718. The summed E-state index contributed by atoms with van der Waals surface area (Å²) in [5.41, 5.74) is 1.34. The van der Waals surface area contributed by atoms with E-state index < -0.39 is 5.97 Å². The van der Waals surface area contributed by atoms with Gasteiger partial charge in [0.25, 0.3) is 0 Å². The average molecular weight is 267 g/mol. The van der Waals surface area contributed by atoms with Crippen molar-refractivity contribution in [2.45, 2.75) is 18.9 Å². The molecule has 20 heavy (non-hydrogen) atoms. The van der Waals surface area contributed by atoms with Crippen molar-refractivity contribution in [2.24, 2.45) is 0 Å². The van der Waals surface area contributed by atoms with E-state index in [4.69, 9.17) is 5.11 Å². The van der Waals surface area contributed by atoms with Crippen molar-refractivity contribution in [3.63, 3.8) is 0 Å². The third-order valence-electron chi connectivity index (χ3n) is 3.88. The summed E-state index contributed by atoms with van der Waals surface area (Å²) in [6, 6.07) is 5.63. The van der Waals surface area contributed by atoms with Crippen molar-refractivity contribution >= 4 is 16.9 Å². The third-order valence-corrected chi connectivity index (χ3v) is 3.88. The summed E-state index contributed by atoms with van der Waals surface area (Å²) in [4.78, 5) is 13.3. The number of benzene rings is 1. The molecule has 3 rings (SSSR count). The SMILES string of the molecule is CN1CCC(n2ncc3cc(C(=O)O)ccc32)CC1.[H-].[Li+]. The fraction of sp³-hybridized carbons (Fsp3) is 0.429. The van der Waals surface area contributed by atoms with Crippen molar-refractivity contribution in [3.8, 4) is 0 Å². The number of aromatic carboxylic acids is 1. The van der Waals surface area contributed by atoms with Crippen LogP contribution in [0.1, 0.15) is 30.7 Å². The molecule has 0 amide bonds. The monoisotopic (exact) mass is 267 g/mol. The Hall–Kier alpha value is -1.28. The Kier molecular flexibility index (Phi) is 4.54. The molecule has 0 bridgehead atoms. The molecule has 1 aromatic heterocycles. The van der Waals surface area contributed by atoms with Gasteiger partial charge in [0.1, 0.15) is 0 Å². The molecule has 102 valence electrons. The Morgan fingerprint density at radius 2 is 2.10 bits per heavy atom. The van der Waals surface area contributed by atoms with Crippen LogP contribution in [0, 0.1) is 0 Å². The molecule has 0 unspecified atom stereocenters. The van der Waals surface area contributed by atoms with Crippen LogP contribution in [0.5, 0.6) is 0 Å². The van der Waals surface area contributed by atoms with Gasteiger partial charge in [0, 0.05) is 5.39 Å². The first kappa shape index (κ1) is 15.1. The average Bonchev–Trinajstić information content (AvgIpc) is 2.82. The van der Waals surface area contributed by atoms with Crippen LogP contribution in [0.3, 0.4) is 0 Å². The zero-order valence-electron chi connectivity index (χ0n) is 12.9.